The minimum absolute atomic E-state index is 0.798. The first-order chi connectivity index (χ1) is 9.28. The van der Waals surface area contributed by atoms with Crippen LogP contribution < -0.4 is 5.32 Å². The first kappa shape index (κ1) is 13.8. The number of aryl methyl sites for hydroxylation is 3. The van der Waals surface area contributed by atoms with Gasteiger partial charge in [0.25, 0.3) is 0 Å². The van der Waals surface area contributed by atoms with Gasteiger partial charge in [0.15, 0.2) is 11.7 Å². The summed E-state index contributed by atoms with van der Waals surface area (Å²) in [6.45, 7) is 6.01. The average Bonchev–Trinajstić information content (AvgIpc) is 3.04. The smallest absolute Gasteiger partial charge is 0.195 e. The van der Waals surface area contributed by atoms with E-state index in [1.807, 2.05) is 11.7 Å². The van der Waals surface area contributed by atoms with Gasteiger partial charge >= 0.3 is 0 Å². The molecule has 19 heavy (non-hydrogen) atoms. The maximum Gasteiger partial charge on any atom is 0.195 e. The van der Waals surface area contributed by atoms with Crippen LogP contribution in [0.25, 0.3) is 11.5 Å². The molecule has 0 spiro atoms. The van der Waals surface area contributed by atoms with Crippen molar-refractivity contribution in [1.29, 1.82) is 0 Å². The molecular formula is C14H22N4O. The molecule has 0 aliphatic rings. The van der Waals surface area contributed by atoms with Crippen LogP contribution in [0.15, 0.2) is 16.7 Å². The molecule has 2 aromatic rings. The summed E-state index contributed by atoms with van der Waals surface area (Å²) < 4.78 is 7.79. The van der Waals surface area contributed by atoms with Gasteiger partial charge in [-0.1, -0.05) is 6.92 Å². The Bertz CT molecular complexity index is 515. The summed E-state index contributed by atoms with van der Waals surface area (Å²) in [5, 5.41) is 7.65. The molecule has 5 heteroatoms. The first-order valence-corrected chi connectivity index (χ1v) is 6.94. The second-order valence-corrected chi connectivity index (χ2v) is 4.52. The van der Waals surface area contributed by atoms with Crippen LogP contribution in [-0.4, -0.2) is 28.4 Å². The number of oxazole rings is 1. The van der Waals surface area contributed by atoms with Crippen molar-refractivity contribution in [3.8, 4) is 11.5 Å². The van der Waals surface area contributed by atoms with Gasteiger partial charge in [0.05, 0.1) is 11.9 Å². The molecule has 0 saturated heterocycles. The molecule has 0 amide bonds. The minimum Gasteiger partial charge on any atom is -0.439 e. The number of nitrogens with one attached hydrogen (secondary N) is 1. The van der Waals surface area contributed by atoms with Crippen LogP contribution in [0.4, 0.5) is 0 Å². The Labute approximate surface area is 114 Å². The second kappa shape index (κ2) is 6.52. The second-order valence-electron chi connectivity index (χ2n) is 4.52. The molecule has 0 unspecified atom stereocenters. The van der Waals surface area contributed by atoms with Crippen molar-refractivity contribution in [1.82, 2.24) is 20.1 Å². The lowest BCUT2D eigenvalue weighted by molar-refractivity contribution is 0.489. The minimum atomic E-state index is 0.798. The molecule has 5 nitrogen and oxygen atoms in total. The molecular weight excluding hydrogens is 240 g/mol. The van der Waals surface area contributed by atoms with Crippen LogP contribution in [0, 0.1) is 0 Å². The predicted octanol–water partition coefficient (Wildman–Crippen LogP) is 2.27. The van der Waals surface area contributed by atoms with E-state index >= 15 is 0 Å². The number of aromatic nitrogens is 3. The molecule has 0 aromatic carbocycles. The van der Waals surface area contributed by atoms with E-state index < -0.39 is 0 Å². The van der Waals surface area contributed by atoms with Gasteiger partial charge in [-0.05, 0) is 39.4 Å². The van der Waals surface area contributed by atoms with Gasteiger partial charge in [-0.3, -0.25) is 4.68 Å². The van der Waals surface area contributed by atoms with E-state index in [1.165, 1.54) is 0 Å². The number of nitrogens with zero attached hydrogens (tertiary/aromatic N) is 3. The van der Waals surface area contributed by atoms with Crippen molar-refractivity contribution in [2.45, 2.75) is 39.7 Å². The zero-order chi connectivity index (χ0) is 13.7. The van der Waals surface area contributed by atoms with Gasteiger partial charge in [-0.2, -0.15) is 5.10 Å². The van der Waals surface area contributed by atoms with Crippen molar-refractivity contribution in [3.05, 3.63) is 23.8 Å². The molecule has 0 aliphatic heterocycles. The van der Waals surface area contributed by atoms with Crippen LogP contribution in [0.2, 0.25) is 0 Å². The topological polar surface area (TPSA) is 55.9 Å². The van der Waals surface area contributed by atoms with Crippen LogP contribution in [0.5, 0.6) is 0 Å². The zero-order valence-corrected chi connectivity index (χ0v) is 11.9. The standard InChI is InChI=1S/C14H22N4O/c1-4-11-9-12(18(5-2)17-11)13-10-16-14(19-13)7-6-8-15-3/h9-10,15H,4-8H2,1-3H3. The van der Waals surface area contributed by atoms with Gasteiger partial charge in [-0.25, -0.2) is 4.98 Å². The van der Waals surface area contributed by atoms with E-state index in [4.69, 9.17) is 4.42 Å². The van der Waals surface area contributed by atoms with E-state index in [2.05, 4.69) is 35.3 Å². The summed E-state index contributed by atoms with van der Waals surface area (Å²) in [5.74, 6) is 1.61. The summed E-state index contributed by atoms with van der Waals surface area (Å²) in [6, 6.07) is 2.08. The average molecular weight is 262 g/mol. The third kappa shape index (κ3) is 3.23. The highest BCUT2D eigenvalue weighted by molar-refractivity contribution is 5.52. The van der Waals surface area contributed by atoms with E-state index in [1.54, 1.807) is 6.20 Å². The lowest BCUT2D eigenvalue weighted by atomic mass is 10.3. The molecule has 104 valence electrons. The molecule has 0 saturated carbocycles. The third-order valence-electron chi connectivity index (χ3n) is 3.12. The maximum atomic E-state index is 5.82. The van der Waals surface area contributed by atoms with Gasteiger partial charge in [0, 0.05) is 13.0 Å². The van der Waals surface area contributed by atoms with Crippen LogP contribution in [0.1, 0.15) is 31.9 Å². The summed E-state index contributed by atoms with van der Waals surface area (Å²) >= 11 is 0. The monoisotopic (exact) mass is 262 g/mol. The van der Waals surface area contributed by atoms with Crippen LogP contribution in [-0.2, 0) is 19.4 Å². The normalized spacial score (nSPS) is 11.1. The summed E-state index contributed by atoms with van der Waals surface area (Å²) in [5.41, 5.74) is 2.11. The third-order valence-corrected chi connectivity index (χ3v) is 3.12. The fourth-order valence-corrected chi connectivity index (χ4v) is 2.04. The van der Waals surface area contributed by atoms with Crippen molar-refractivity contribution >= 4 is 0 Å². The molecule has 0 fully saturated rings. The zero-order valence-electron chi connectivity index (χ0n) is 11.9. The van der Waals surface area contributed by atoms with Crippen molar-refractivity contribution in [2.24, 2.45) is 0 Å². The first-order valence-electron chi connectivity index (χ1n) is 6.94. The van der Waals surface area contributed by atoms with Crippen molar-refractivity contribution < 1.29 is 4.42 Å². The Hall–Kier alpha value is -1.62. The van der Waals surface area contributed by atoms with Gasteiger partial charge in [0.2, 0.25) is 0 Å². The van der Waals surface area contributed by atoms with Crippen molar-refractivity contribution in [3.63, 3.8) is 0 Å². The quantitative estimate of drug-likeness (QED) is 0.778. The van der Waals surface area contributed by atoms with Crippen LogP contribution in [0.3, 0.4) is 0 Å². The van der Waals surface area contributed by atoms with E-state index in [9.17, 15) is 0 Å². The fraction of sp³-hybridized carbons (Fsp3) is 0.571. The highest BCUT2D eigenvalue weighted by Gasteiger charge is 2.12. The van der Waals surface area contributed by atoms with Gasteiger partial charge < -0.3 is 9.73 Å². The fourth-order valence-electron chi connectivity index (χ4n) is 2.04. The molecule has 1 N–H and O–H groups in total. The van der Waals surface area contributed by atoms with Crippen LogP contribution >= 0.6 is 0 Å². The molecule has 2 heterocycles. The number of hydrogen-bond donors (Lipinski definition) is 1. The highest BCUT2D eigenvalue weighted by atomic mass is 16.4. The Morgan fingerprint density at radius 2 is 2.21 bits per heavy atom. The Morgan fingerprint density at radius 1 is 1.37 bits per heavy atom. The van der Waals surface area contributed by atoms with Gasteiger partial charge in [-0.15, -0.1) is 0 Å². The lowest BCUT2D eigenvalue weighted by Gasteiger charge is -2.00. The molecule has 2 aromatic heterocycles. The maximum absolute atomic E-state index is 5.82. The summed E-state index contributed by atoms with van der Waals surface area (Å²) in [7, 11) is 1.95. The SMILES string of the molecule is CCc1cc(-c2cnc(CCCNC)o2)n(CC)n1. The largest absolute Gasteiger partial charge is 0.439 e. The Morgan fingerprint density at radius 3 is 2.89 bits per heavy atom. The van der Waals surface area contributed by atoms with E-state index in [0.717, 1.165) is 55.4 Å². The summed E-state index contributed by atoms with van der Waals surface area (Å²) in [4.78, 5) is 4.34. The number of hydrogen-bond acceptors (Lipinski definition) is 4. The molecule has 0 aliphatic carbocycles. The number of rotatable bonds is 7. The highest BCUT2D eigenvalue weighted by Crippen LogP contribution is 2.22. The molecule has 2 rings (SSSR count). The Kier molecular flexibility index (Phi) is 4.74. The molecule has 0 radical (unpaired) electrons. The predicted molar refractivity (Wildman–Crippen MR) is 75.0 cm³/mol. The van der Waals surface area contributed by atoms with Gasteiger partial charge in [0.1, 0.15) is 5.69 Å². The lowest BCUT2D eigenvalue weighted by Crippen LogP contribution is -2.08. The Balaban J connectivity index is 2.15. The summed E-state index contributed by atoms with van der Waals surface area (Å²) in [6.07, 6.45) is 4.63. The molecule has 0 bridgehead atoms. The van der Waals surface area contributed by atoms with Crippen molar-refractivity contribution in [2.75, 3.05) is 13.6 Å². The van der Waals surface area contributed by atoms with E-state index in [0.29, 0.717) is 0 Å². The van der Waals surface area contributed by atoms with E-state index in [-0.39, 0.29) is 0 Å². The molecule has 0 atom stereocenters.